The number of rotatable bonds is 6. The lowest BCUT2D eigenvalue weighted by Gasteiger charge is -2.27. The van der Waals surface area contributed by atoms with Gasteiger partial charge in [-0.25, -0.2) is 0 Å². The van der Waals surface area contributed by atoms with Gasteiger partial charge in [0.1, 0.15) is 17.3 Å². The molecule has 3 aromatic carbocycles. The molecule has 0 aliphatic carbocycles. The van der Waals surface area contributed by atoms with Crippen LogP contribution in [-0.2, 0) is 15.0 Å². The Morgan fingerprint density at radius 1 is 0.974 bits per heavy atom. The summed E-state index contributed by atoms with van der Waals surface area (Å²) >= 11 is 0. The number of amides is 1. The fourth-order valence-corrected chi connectivity index (χ4v) is 5.02. The summed E-state index contributed by atoms with van der Waals surface area (Å²) in [6.07, 6.45) is 0. The van der Waals surface area contributed by atoms with Crippen molar-refractivity contribution in [3.63, 3.8) is 0 Å². The Bertz CT molecular complexity index is 1410. The van der Waals surface area contributed by atoms with Gasteiger partial charge in [-0.1, -0.05) is 39.0 Å². The first kappa shape index (κ1) is 27.0. The molecular weight excluding hydrogens is 478 g/mol. The first-order valence-corrected chi connectivity index (χ1v) is 12.8. The number of aliphatic hydroxyl groups excluding tert-OH is 1. The third kappa shape index (κ3) is 5.03. The molecule has 4 rings (SSSR count). The molecule has 0 aromatic heterocycles. The molecule has 1 saturated heterocycles. The molecular formula is C32H35NO5. The molecule has 38 heavy (non-hydrogen) atoms. The minimum absolute atomic E-state index is 0.0337. The smallest absolute Gasteiger partial charge is 0.300 e. The Labute approximate surface area is 224 Å². The molecule has 0 saturated carbocycles. The predicted octanol–water partition coefficient (Wildman–Crippen LogP) is 6.63. The van der Waals surface area contributed by atoms with E-state index in [4.69, 9.17) is 9.47 Å². The van der Waals surface area contributed by atoms with Crippen molar-refractivity contribution in [1.82, 2.24) is 0 Å². The van der Waals surface area contributed by atoms with Gasteiger partial charge < -0.3 is 14.6 Å². The maximum Gasteiger partial charge on any atom is 0.300 e. The number of ketones is 1. The highest BCUT2D eigenvalue weighted by Crippen LogP contribution is 2.44. The lowest BCUT2D eigenvalue weighted by molar-refractivity contribution is -0.132. The molecule has 0 radical (unpaired) electrons. The summed E-state index contributed by atoms with van der Waals surface area (Å²) in [6.45, 7) is 12.5. The number of benzene rings is 3. The third-order valence-corrected chi connectivity index (χ3v) is 6.70. The third-order valence-electron chi connectivity index (χ3n) is 6.70. The Morgan fingerprint density at radius 2 is 1.66 bits per heavy atom. The first-order valence-electron chi connectivity index (χ1n) is 12.8. The van der Waals surface area contributed by atoms with E-state index in [0.717, 1.165) is 22.4 Å². The standard InChI is InChI=1S/C32H35NO5/c1-8-38-26-13-12-22(18-25(26)32(4,5)6)29(34)27-28(21-10-9-11-24(17-21)37-7)33(31(36)30(27)35)23-15-19(2)14-20(3)16-23/h9-18,28,34H,8H2,1-7H3/b29-27-. The average Bonchev–Trinajstić information content (AvgIpc) is 3.13. The van der Waals surface area contributed by atoms with E-state index in [1.165, 1.54) is 4.90 Å². The Kier molecular flexibility index (Phi) is 7.36. The van der Waals surface area contributed by atoms with Crippen LogP contribution in [0.5, 0.6) is 11.5 Å². The van der Waals surface area contributed by atoms with Gasteiger partial charge in [0.15, 0.2) is 0 Å². The van der Waals surface area contributed by atoms with E-state index >= 15 is 0 Å². The SMILES string of the molecule is CCOc1ccc(/C(O)=C2/C(=O)C(=O)N(c3cc(C)cc(C)c3)C2c2cccc(OC)c2)cc1C(C)(C)C. The van der Waals surface area contributed by atoms with Gasteiger partial charge in [-0.15, -0.1) is 0 Å². The second kappa shape index (κ2) is 10.4. The molecule has 1 aliphatic rings. The van der Waals surface area contributed by atoms with E-state index in [2.05, 4.69) is 20.8 Å². The quantitative estimate of drug-likeness (QED) is 0.227. The number of aryl methyl sites for hydroxylation is 2. The van der Waals surface area contributed by atoms with Gasteiger partial charge in [-0.3, -0.25) is 14.5 Å². The second-order valence-electron chi connectivity index (χ2n) is 10.7. The van der Waals surface area contributed by atoms with Crippen molar-refractivity contribution in [2.24, 2.45) is 0 Å². The molecule has 3 aromatic rings. The van der Waals surface area contributed by atoms with Crippen molar-refractivity contribution in [1.29, 1.82) is 0 Å². The Morgan fingerprint density at radius 3 is 2.26 bits per heavy atom. The molecule has 0 bridgehead atoms. The zero-order valence-corrected chi connectivity index (χ0v) is 23.1. The summed E-state index contributed by atoms with van der Waals surface area (Å²) < 4.78 is 11.3. The fourth-order valence-electron chi connectivity index (χ4n) is 5.02. The normalized spacial score (nSPS) is 17.1. The van der Waals surface area contributed by atoms with Gasteiger partial charge in [0.2, 0.25) is 0 Å². The number of carbonyl (C=O) groups excluding carboxylic acids is 2. The van der Waals surface area contributed by atoms with Crippen LogP contribution in [0.15, 0.2) is 66.2 Å². The summed E-state index contributed by atoms with van der Waals surface area (Å²) in [6, 6.07) is 17.5. The van der Waals surface area contributed by atoms with E-state index in [-0.39, 0.29) is 16.7 Å². The molecule has 1 heterocycles. The highest BCUT2D eigenvalue weighted by Gasteiger charge is 2.47. The lowest BCUT2D eigenvalue weighted by atomic mass is 9.84. The lowest BCUT2D eigenvalue weighted by Crippen LogP contribution is -2.29. The zero-order chi connectivity index (χ0) is 27.8. The minimum Gasteiger partial charge on any atom is -0.507 e. The van der Waals surface area contributed by atoms with Crippen LogP contribution in [-0.4, -0.2) is 30.5 Å². The van der Waals surface area contributed by atoms with Crippen molar-refractivity contribution >= 4 is 23.1 Å². The van der Waals surface area contributed by atoms with E-state index < -0.39 is 17.7 Å². The highest BCUT2D eigenvalue weighted by atomic mass is 16.5. The number of hydrogen-bond acceptors (Lipinski definition) is 5. The second-order valence-corrected chi connectivity index (χ2v) is 10.7. The number of hydrogen-bond donors (Lipinski definition) is 1. The van der Waals surface area contributed by atoms with Gasteiger partial charge in [-0.2, -0.15) is 0 Å². The van der Waals surface area contributed by atoms with Crippen LogP contribution in [0.1, 0.15) is 61.6 Å². The van der Waals surface area contributed by atoms with Crippen LogP contribution in [0.3, 0.4) is 0 Å². The number of Topliss-reactive ketones (excluding diaryl/α,β-unsaturated/α-hetero) is 1. The highest BCUT2D eigenvalue weighted by molar-refractivity contribution is 6.51. The van der Waals surface area contributed by atoms with E-state index in [1.807, 2.05) is 57.2 Å². The van der Waals surface area contributed by atoms with Crippen LogP contribution < -0.4 is 14.4 Å². The van der Waals surface area contributed by atoms with E-state index in [9.17, 15) is 14.7 Å². The summed E-state index contributed by atoms with van der Waals surface area (Å²) in [5.41, 5.74) is 4.28. The molecule has 1 amide bonds. The summed E-state index contributed by atoms with van der Waals surface area (Å²) in [5, 5.41) is 11.7. The van der Waals surface area contributed by atoms with Crippen molar-refractivity contribution in [3.8, 4) is 11.5 Å². The van der Waals surface area contributed by atoms with Crippen molar-refractivity contribution in [3.05, 3.63) is 94.1 Å². The predicted molar refractivity (Wildman–Crippen MR) is 150 cm³/mol. The number of carbonyl (C=O) groups is 2. The monoisotopic (exact) mass is 513 g/mol. The number of aliphatic hydroxyl groups is 1. The fraction of sp³-hybridized carbons (Fsp3) is 0.312. The summed E-state index contributed by atoms with van der Waals surface area (Å²) in [4.78, 5) is 28.6. The largest absolute Gasteiger partial charge is 0.507 e. The number of methoxy groups -OCH3 is 1. The van der Waals surface area contributed by atoms with Gasteiger partial charge in [0.25, 0.3) is 11.7 Å². The van der Waals surface area contributed by atoms with Crippen LogP contribution in [0.25, 0.3) is 5.76 Å². The Hall–Kier alpha value is -4.06. The Balaban J connectivity index is 1.98. The van der Waals surface area contributed by atoms with Gasteiger partial charge in [-0.05, 0) is 85.3 Å². The van der Waals surface area contributed by atoms with Crippen molar-refractivity contribution in [2.45, 2.75) is 53.0 Å². The molecule has 198 valence electrons. The number of nitrogens with zero attached hydrogens (tertiary/aromatic N) is 1. The average molecular weight is 514 g/mol. The van der Waals surface area contributed by atoms with Crippen LogP contribution in [0, 0.1) is 13.8 Å². The molecule has 6 nitrogen and oxygen atoms in total. The molecule has 1 N–H and O–H groups in total. The maximum atomic E-state index is 13.6. The van der Waals surface area contributed by atoms with Crippen molar-refractivity contribution < 1.29 is 24.2 Å². The summed E-state index contributed by atoms with van der Waals surface area (Å²) in [5.74, 6) is -0.343. The number of anilines is 1. The molecule has 1 atom stereocenters. The van der Waals surface area contributed by atoms with Gasteiger partial charge in [0, 0.05) is 16.8 Å². The zero-order valence-electron chi connectivity index (χ0n) is 23.1. The van der Waals surface area contributed by atoms with Gasteiger partial charge in [0.05, 0.1) is 25.3 Å². The first-order chi connectivity index (χ1) is 18.0. The topological polar surface area (TPSA) is 76.1 Å². The molecule has 1 unspecified atom stereocenters. The maximum absolute atomic E-state index is 13.6. The number of ether oxygens (including phenoxy) is 2. The van der Waals surface area contributed by atoms with Gasteiger partial charge >= 0.3 is 0 Å². The minimum atomic E-state index is -0.837. The van der Waals surface area contributed by atoms with Crippen molar-refractivity contribution in [2.75, 3.05) is 18.6 Å². The molecule has 6 heteroatoms. The van der Waals surface area contributed by atoms with Crippen LogP contribution in [0.4, 0.5) is 5.69 Å². The summed E-state index contributed by atoms with van der Waals surface area (Å²) in [7, 11) is 1.56. The van der Waals surface area contributed by atoms with E-state index in [0.29, 0.717) is 29.2 Å². The molecule has 0 spiro atoms. The molecule has 1 aliphatic heterocycles. The molecule has 1 fully saturated rings. The van der Waals surface area contributed by atoms with E-state index in [1.54, 1.807) is 31.4 Å². The van der Waals surface area contributed by atoms with Crippen LogP contribution >= 0.6 is 0 Å². The van der Waals surface area contributed by atoms with Crippen LogP contribution in [0.2, 0.25) is 0 Å².